The summed E-state index contributed by atoms with van der Waals surface area (Å²) in [5, 5.41) is 5.97. The number of hydrogen-bond donors (Lipinski definition) is 2. The van der Waals surface area contributed by atoms with Crippen molar-refractivity contribution >= 4 is 55.7 Å². The molecular formula is C44H51N5O7S2. The maximum absolute atomic E-state index is 14.9. The third kappa shape index (κ3) is 7.97. The van der Waals surface area contributed by atoms with Gasteiger partial charge >= 0.3 is 0 Å². The standard InChI is InChI=1S/C44H51N5O7S2/c1-26(2)36-25-57-41(46-36)35-23-38(32-18-19-37(55-4)27(3)39(32)45-35)56-30-21-33-34(22-30)42(51)49(29-14-10-8-11-15-29)20-12-7-5-6-9-13-28-24-44(28,47-40(33)50)43(52)48-58(53,54)31-16-17-31/h8-11,13-15,18-19,23,25-26,28,30-31,33-34H,5-7,12,16-17,20-22,24H2,1-4H3,(H,47,50)(H,48,52)/b13-9-/t28-,30-,33-,34-,44-/m1/s1. The van der Waals surface area contributed by atoms with Crippen LogP contribution in [0.1, 0.15) is 88.8 Å². The van der Waals surface area contributed by atoms with Crippen LogP contribution in [0.15, 0.2) is 66.1 Å². The highest BCUT2D eigenvalue weighted by Crippen LogP contribution is 2.47. The number of anilines is 1. The molecule has 8 rings (SSSR count). The first kappa shape index (κ1) is 40.0. The molecule has 0 saturated heterocycles. The van der Waals surface area contributed by atoms with Crippen LogP contribution in [0.4, 0.5) is 5.69 Å². The predicted molar refractivity (Wildman–Crippen MR) is 224 cm³/mol. The number of nitrogens with zero attached hydrogens (tertiary/aromatic N) is 3. The van der Waals surface area contributed by atoms with Crippen molar-refractivity contribution in [3.8, 4) is 22.2 Å². The van der Waals surface area contributed by atoms with Crippen LogP contribution in [0, 0.1) is 24.7 Å². The Bertz CT molecular complexity index is 2360. The number of nitrogens with one attached hydrogen (secondary N) is 2. The van der Waals surface area contributed by atoms with E-state index < -0.39 is 50.6 Å². The Balaban J connectivity index is 1.16. The number of aromatic nitrogens is 2. The van der Waals surface area contributed by atoms with Crippen molar-refractivity contribution in [2.75, 3.05) is 18.6 Å². The number of fused-ring (bicyclic) bond motifs is 3. The lowest BCUT2D eigenvalue weighted by molar-refractivity contribution is -0.135. The molecule has 306 valence electrons. The van der Waals surface area contributed by atoms with Crippen LogP contribution >= 0.6 is 11.3 Å². The highest BCUT2D eigenvalue weighted by molar-refractivity contribution is 7.91. The number of benzene rings is 2. The summed E-state index contributed by atoms with van der Waals surface area (Å²) in [6.07, 6.45) is 8.43. The van der Waals surface area contributed by atoms with Gasteiger partial charge in [0.1, 0.15) is 33.8 Å². The minimum atomic E-state index is -3.86. The molecule has 3 fully saturated rings. The number of rotatable bonds is 9. The number of amides is 3. The number of allylic oxidation sites excluding steroid dienone is 1. The molecule has 0 radical (unpaired) electrons. The van der Waals surface area contributed by atoms with Gasteiger partial charge in [0, 0.05) is 40.5 Å². The Morgan fingerprint density at radius 1 is 1.02 bits per heavy atom. The molecular weight excluding hydrogens is 775 g/mol. The number of sulfonamides is 1. The quantitative estimate of drug-likeness (QED) is 0.166. The molecule has 58 heavy (non-hydrogen) atoms. The van der Waals surface area contributed by atoms with Crippen LogP contribution < -0.4 is 24.4 Å². The topological polar surface area (TPSA) is 157 Å². The highest BCUT2D eigenvalue weighted by Gasteiger charge is 2.62. The van der Waals surface area contributed by atoms with Crippen molar-refractivity contribution in [2.24, 2.45) is 17.8 Å². The van der Waals surface area contributed by atoms with Gasteiger partial charge in [-0.1, -0.05) is 50.6 Å². The second-order valence-electron chi connectivity index (χ2n) is 16.5. The van der Waals surface area contributed by atoms with E-state index in [4.69, 9.17) is 19.4 Å². The summed E-state index contributed by atoms with van der Waals surface area (Å²) < 4.78 is 40.8. The molecule has 0 unspecified atom stereocenters. The van der Waals surface area contributed by atoms with Gasteiger partial charge in [-0.25, -0.2) is 18.4 Å². The van der Waals surface area contributed by atoms with Crippen molar-refractivity contribution in [3.05, 3.63) is 77.3 Å². The zero-order valence-corrected chi connectivity index (χ0v) is 35.0. The molecule has 3 aliphatic carbocycles. The first-order valence-corrected chi connectivity index (χ1v) is 22.8. The average molecular weight is 826 g/mol. The van der Waals surface area contributed by atoms with E-state index in [-0.39, 0.29) is 37.0 Å². The third-order valence-corrected chi connectivity index (χ3v) is 14.8. The fraction of sp³-hybridized carbons (Fsp3) is 0.477. The number of carbonyl (C=O) groups is 3. The summed E-state index contributed by atoms with van der Waals surface area (Å²) in [7, 11) is -2.24. The number of hydrogen-bond acceptors (Lipinski definition) is 10. The maximum atomic E-state index is 14.9. The fourth-order valence-corrected chi connectivity index (χ4v) is 10.7. The molecule has 12 nitrogen and oxygen atoms in total. The average Bonchev–Trinajstić information content (AvgIpc) is 4.08. The number of ether oxygens (including phenoxy) is 2. The van der Waals surface area contributed by atoms with E-state index >= 15 is 0 Å². The third-order valence-electron chi connectivity index (χ3n) is 12.1. The minimum Gasteiger partial charge on any atom is -0.496 e. The van der Waals surface area contributed by atoms with Crippen molar-refractivity contribution in [3.63, 3.8) is 0 Å². The lowest BCUT2D eigenvalue weighted by atomic mass is 9.92. The smallest absolute Gasteiger partial charge is 0.259 e. The number of pyridine rings is 1. The van der Waals surface area contributed by atoms with Gasteiger partial charge < -0.3 is 19.7 Å². The molecule has 2 N–H and O–H groups in total. The lowest BCUT2D eigenvalue weighted by Gasteiger charge is -2.29. The summed E-state index contributed by atoms with van der Waals surface area (Å²) in [5.41, 5.74) is 2.48. The monoisotopic (exact) mass is 825 g/mol. The number of aryl methyl sites for hydroxylation is 1. The van der Waals surface area contributed by atoms with E-state index in [9.17, 15) is 22.8 Å². The van der Waals surface area contributed by atoms with Crippen molar-refractivity contribution in [1.29, 1.82) is 0 Å². The lowest BCUT2D eigenvalue weighted by Crippen LogP contribution is -2.54. The Kier molecular flexibility index (Phi) is 11.1. The van der Waals surface area contributed by atoms with Gasteiger partial charge in [0.2, 0.25) is 21.8 Å². The molecule has 3 heterocycles. The molecule has 0 spiro atoms. The van der Waals surface area contributed by atoms with Crippen LogP contribution in [0.5, 0.6) is 11.5 Å². The summed E-state index contributed by atoms with van der Waals surface area (Å²) in [5.74, 6) is -1.90. The first-order chi connectivity index (χ1) is 27.9. The molecule has 14 heteroatoms. The maximum Gasteiger partial charge on any atom is 0.259 e. The molecule has 1 aliphatic heterocycles. The number of para-hydroxylation sites is 1. The first-order valence-electron chi connectivity index (χ1n) is 20.4. The SMILES string of the molecule is COc1ccc2c(O[C@@H]3C[C@H]4C(=O)N[C@]5(C(=O)NS(=O)(=O)C6CC6)C[C@H]5/C=C\CCCCCN(c5ccccc5)C(=O)[C@@H]4C3)cc(-c3nc(C(C)C)cs3)nc2c1C. The Labute approximate surface area is 343 Å². The van der Waals surface area contributed by atoms with Gasteiger partial charge in [0.05, 0.1) is 35.4 Å². The Morgan fingerprint density at radius 2 is 1.79 bits per heavy atom. The van der Waals surface area contributed by atoms with Crippen molar-refractivity contribution in [2.45, 2.75) is 101 Å². The molecule has 2 aromatic heterocycles. The van der Waals surface area contributed by atoms with E-state index in [0.717, 1.165) is 53.0 Å². The highest BCUT2D eigenvalue weighted by atomic mass is 32.2. The fourth-order valence-electron chi connectivity index (χ4n) is 8.43. The summed E-state index contributed by atoms with van der Waals surface area (Å²) in [6, 6.07) is 15.2. The van der Waals surface area contributed by atoms with E-state index in [2.05, 4.69) is 23.9 Å². The zero-order chi connectivity index (χ0) is 40.8. The largest absolute Gasteiger partial charge is 0.496 e. The second-order valence-corrected chi connectivity index (χ2v) is 19.3. The van der Waals surface area contributed by atoms with Gasteiger partial charge in [0.15, 0.2) is 0 Å². The van der Waals surface area contributed by atoms with Gasteiger partial charge in [-0.2, -0.15) is 0 Å². The molecule has 5 atom stereocenters. The van der Waals surface area contributed by atoms with Crippen LogP contribution in [-0.2, 0) is 24.4 Å². The van der Waals surface area contributed by atoms with Crippen LogP contribution in [-0.4, -0.2) is 66.7 Å². The number of thiazole rings is 1. The second kappa shape index (κ2) is 16.1. The normalized spacial score (nSPS) is 25.9. The zero-order valence-electron chi connectivity index (χ0n) is 33.4. The van der Waals surface area contributed by atoms with E-state index in [1.165, 1.54) is 11.3 Å². The van der Waals surface area contributed by atoms with Gasteiger partial charge in [-0.15, -0.1) is 11.3 Å². The van der Waals surface area contributed by atoms with Crippen LogP contribution in [0.25, 0.3) is 21.6 Å². The van der Waals surface area contributed by atoms with Crippen molar-refractivity contribution in [1.82, 2.24) is 20.0 Å². The number of carbonyl (C=O) groups excluding carboxylic acids is 3. The summed E-state index contributed by atoms with van der Waals surface area (Å²) >= 11 is 1.51. The molecule has 4 aromatic rings. The Morgan fingerprint density at radius 3 is 2.52 bits per heavy atom. The predicted octanol–water partition coefficient (Wildman–Crippen LogP) is 7.22. The summed E-state index contributed by atoms with van der Waals surface area (Å²) in [6.45, 7) is 6.63. The van der Waals surface area contributed by atoms with E-state index in [1.807, 2.05) is 73.0 Å². The molecule has 4 aliphatic rings. The summed E-state index contributed by atoms with van der Waals surface area (Å²) in [4.78, 5) is 55.2. The molecule has 0 bridgehead atoms. The van der Waals surface area contributed by atoms with Gasteiger partial charge in [-0.05, 0) is 88.5 Å². The molecule has 2 aromatic carbocycles. The van der Waals surface area contributed by atoms with Crippen LogP contribution in [0.3, 0.4) is 0 Å². The number of methoxy groups -OCH3 is 1. The van der Waals surface area contributed by atoms with Crippen molar-refractivity contribution < 1.29 is 32.3 Å². The Hall–Kier alpha value is -4.82. The molecule has 3 saturated carbocycles. The van der Waals surface area contributed by atoms with E-state index in [0.29, 0.717) is 42.1 Å². The minimum absolute atomic E-state index is 0.183. The van der Waals surface area contributed by atoms with Crippen LogP contribution in [0.2, 0.25) is 0 Å². The molecule has 3 amide bonds. The van der Waals surface area contributed by atoms with Gasteiger partial charge in [-0.3, -0.25) is 19.1 Å². The van der Waals surface area contributed by atoms with Gasteiger partial charge in [0.25, 0.3) is 5.91 Å². The van der Waals surface area contributed by atoms with E-state index in [1.54, 1.807) is 12.0 Å².